The molecule has 1 aliphatic heterocycles. The molecule has 0 amide bonds. The summed E-state index contributed by atoms with van der Waals surface area (Å²) in [6, 6.07) is 10.2. The van der Waals surface area contributed by atoms with Gasteiger partial charge in [-0.15, -0.1) is 0 Å². The lowest BCUT2D eigenvalue weighted by Gasteiger charge is -2.45. The fraction of sp³-hybridized carbons (Fsp3) is 0.500. The van der Waals surface area contributed by atoms with Crippen molar-refractivity contribution in [3.05, 3.63) is 35.9 Å². The molecule has 19 heavy (non-hydrogen) atoms. The highest BCUT2D eigenvalue weighted by molar-refractivity contribution is 6.04. The molecule has 1 heterocycles. The number of hydrogen-bond acceptors (Lipinski definition) is 3. The second kappa shape index (κ2) is 6.22. The highest BCUT2D eigenvalue weighted by atomic mass is 16.4. The zero-order valence-electron chi connectivity index (χ0n) is 11.2. The van der Waals surface area contributed by atoms with Crippen LogP contribution in [0.2, 0.25) is 0 Å². The smallest absolute Gasteiger partial charge is 0.304 e. The fourth-order valence-corrected chi connectivity index (χ4v) is 2.64. The van der Waals surface area contributed by atoms with Gasteiger partial charge in [0.2, 0.25) is 0 Å². The average molecular weight is 258 g/mol. The molecule has 1 N–H and O–H groups in total. The third kappa shape index (κ3) is 3.58. The molecule has 1 fully saturated rings. The lowest BCUT2D eigenvalue weighted by Crippen LogP contribution is -2.57. The molecule has 0 bridgehead atoms. The van der Waals surface area contributed by atoms with E-state index in [4.69, 9.17) is 13.1 Å². The molecule has 1 saturated heterocycles. The maximum Gasteiger partial charge on any atom is 0.304 e. The minimum atomic E-state index is -0.797. The fourth-order valence-electron chi connectivity index (χ4n) is 2.64. The van der Waals surface area contributed by atoms with Crippen molar-refractivity contribution in [2.45, 2.75) is 32.0 Å². The van der Waals surface area contributed by atoms with E-state index >= 15 is 0 Å². The summed E-state index contributed by atoms with van der Waals surface area (Å²) >= 11 is 0. The number of rotatable bonds is 4. The Balaban J connectivity index is 2.04. The second-order valence-electron chi connectivity index (χ2n) is 5.10. The molecule has 0 aromatic heterocycles. The number of carboxylic acids is 1. The molecule has 1 aromatic carbocycles. The van der Waals surface area contributed by atoms with Gasteiger partial charge in [-0.25, -0.2) is 0 Å². The third-order valence-electron chi connectivity index (χ3n) is 3.82. The van der Waals surface area contributed by atoms with E-state index in [0.29, 0.717) is 6.54 Å². The second-order valence-corrected chi connectivity index (χ2v) is 5.10. The summed E-state index contributed by atoms with van der Waals surface area (Å²) in [6.45, 7) is 4.46. The Hall–Kier alpha value is -1.33. The van der Waals surface area contributed by atoms with E-state index in [9.17, 15) is 4.79 Å². The van der Waals surface area contributed by atoms with Crippen molar-refractivity contribution in [2.24, 2.45) is 0 Å². The number of carboxylic acid groups (broad SMARTS) is 1. The number of piperazine rings is 1. The molecule has 1 aromatic rings. The van der Waals surface area contributed by atoms with Crippen LogP contribution in [0.5, 0.6) is 0 Å². The zero-order valence-corrected chi connectivity index (χ0v) is 11.2. The first-order valence-electron chi connectivity index (χ1n) is 6.59. The molecule has 1 aliphatic rings. The summed E-state index contributed by atoms with van der Waals surface area (Å²) in [4.78, 5) is 14.9. The molecular formula is C14H19BN2O2. The van der Waals surface area contributed by atoms with Gasteiger partial charge in [-0.2, -0.15) is 0 Å². The summed E-state index contributed by atoms with van der Waals surface area (Å²) < 4.78 is 0. The monoisotopic (exact) mass is 258 g/mol. The van der Waals surface area contributed by atoms with E-state index in [0.717, 1.165) is 13.1 Å². The first kappa shape index (κ1) is 14.1. The molecule has 4 nitrogen and oxygen atoms in total. The third-order valence-corrected chi connectivity index (χ3v) is 3.82. The normalized spacial score (nSPS) is 25.3. The Morgan fingerprint density at radius 2 is 2.05 bits per heavy atom. The molecule has 0 spiro atoms. The van der Waals surface area contributed by atoms with E-state index in [2.05, 4.69) is 24.0 Å². The van der Waals surface area contributed by atoms with Crippen molar-refractivity contribution in [1.29, 1.82) is 0 Å². The summed E-state index contributed by atoms with van der Waals surface area (Å²) in [6.07, 6.45) is 0.0863. The molecule has 2 unspecified atom stereocenters. The standard InChI is InChI=1S/C14H19BN2O2/c1-11-13(9-14(18)19)17(15)8-7-16(11)10-12-5-3-2-4-6-12/h2-6,11,13H,7-10H2,1H3,(H,18,19). The average Bonchev–Trinajstić information content (AvgIpc) is 2.39. The summed E-state index contributed by atoms with van der Waals surface area (Å²) in [5.41, 5.74) is 1.24. The van der Waals surface area contributed by atoms with Crippen LogP contribution in [0.1, 0.15) is 18.9 Å². The topological polar surface area (TPSA) is 43.8 Å². The molecule has 100 valence electrons. The largest absolute Gasteiger partial charge is 0.481 e. The number of benzene rings is 1. The van der Waals surface area contributed by atoms with Crippen molar-refractivity contribution in [3.8, 4) is 0 Å². The van der Waals surface area contributed by atoms with E-state index in [-0.39, 0.29) is 18.5 Å². The summed E-state index contributed by atoms with van der Waals surface area (Å²) in [5, 5.41) is 8.98. The lowest BCUT2D eigenvalue weighted by molar-refractivity contribution is -0.139. The lowest BCUT2D eigenvalue weighted by atomic mass is 9.96. The summed E-state index contributed by atoms with van der Waals surface area (Å²) in [7, 11) is 5.92. The van der Waals surface area contributed by atoms with Gasteiger partial charge >= 0.3 is 5.97 Å². The molecular weight excluding hydrogens is 239 g/mol. The quantitative estimate of drug-likeness (QED) is 0.822. The van der Waals surface area contributed by atoms with Gasteiger partial charge in [0, 0.05) is 25.2 Å². The van der Waals surface area contributed by atoms with Crippen LogP contribution >= 0.6 is 0 Å². The number of carbonyl (C=O) groups is 1. The Morgan fingerprint density at radius 1 is 1.37 bits per heavy atom. The molecule has 2 rings (SSSR count). The minimum absolute atomic E-state index is 0.0863. The Labute approximate surface area is 115 Å². The predicted octanol–water partition coefficient (Wildman–Crippen LogP) is 1.12. The van der Waals surface area contributed by atoms with Crippen LogP contribution in [0.15, 0.2) is 30.3 Å². The van der Waals surface area contributed by atoms with E-state index in [1.165, 1.54) is 5.56 Å². The highest BCUT2D eigenvalue weighted by Crippen LogP contribution is 2.20. The zero-order chi connectivity index (χ0) is 13.8. The van der Waals surface area contributed by atoms with Crippen molar-refractivity contribution >= 4 is 14.0 Å². The Bertz CT molecular complexity index is 427. The first-order chi connectivity index (χ1) is 9.08. The SMILES string of the molecule is [B]N1CCN(Cc2ccccc2)C(C)C1CC(=O)O. The van der Waals surface area contributed by atoms with Gasteiger partial charge in [0.05, 0.1) is 6.42 Å². The molecule has 0 saturated carbocycles. The Morgan fingerprint density at radius 3 is 2.68 bits per heavy atom. The van der Waals surface area contributed by atoms with Crippen molar-refractivity contribution in [2.75, 3.05) is 13.1 Å². The van der Waals surface area contributed by atoms with E-state index < -0.39 is 5.97 Å². The maximum absolute atomic E-state index is 10.9. The van der Waals surface area contributed by atoms with E-state index in [1.54, 1.807) is 4.81 Å². The van der Waals surface area contributed by atoms with Crippen LogP contribution in [-0.2, 0) is 11.3 Å². The van der Waals surface area contributed by atoms with Crippen molar-refractivity contribution < 1.29 is 9.90 Å². The number of hydrogen-bond donors (Lipinski definition) is 1. The van der Waals surface area contributed by atoms with Gasteiger partial charge in [0.25, 0.3) is 0 Å². The van der Waals surface area contributed by atoms with Gasteiger partial charge in [0.15, 0.2) is 7.98 Å². The van der Waals surface area contributed by atoms with Crippen LogP contribution in [0.3, 0.4) is 0 Å². The number of aliphatic carboxylic acids is 1. The molecule has 2 atom stereocenters. The van der Waals surface area contributed by atoms with E-state index in [1.807, 2.05) is 18.2 Å². The van der Waals surface area contributed by atoms with Gasteiger partial charge in [0.1, 0.15) is 0 Å². The minimum Gasteiger partial charge on any atom is -0.481 e. The van der Waals surface area contributed by atoms with Crippen molar-refractivity contribution in [3.63, 3.8) is 0 Å². The van der Waals surface area contributed by atoms with Crippen LogP contribution in [-0.4, -0.2) is 53.9 Å². The van der Waals surface area contributed by atoms with Gasteiger partial charge in [-0.05, 0) is 19.0 Å². The Kier molecular flexibility index (Phi) is 4.61. The maximum atomic E-state index is 10.9. The van der Waals surface area contributed by atoms with Crippen LogP contribution in [0.25, 0.3) is 0 Å². The first-order valence-corrected chi connectivity index (χ1v) is 6.59. The number of nitrogens with zero attached hydrogens (tertiary/aromatic N) is 2. The van der Waals surface area contributed by atoms with Gasteiger partial charge in [-0.3, -0.25) is 9.69 Å². The van der Waals surface area contributed by atoms with Crippen LogP contribution < -0.4 is 0 Å². The molecule has 2 radical (unpaired) electrons. The predicted molar refractivity (Wildman–Crippen MR) is 74.8 cm³/mol. The van der Waals surface area contributed by atoms with Crippen LogP contribution in [0, 0.1) is 0 Å². The van der Waals surface area contributed by atoms with Gasteiger partial charge < -0.3 is 9.92 Å². The van der Waals surface area contributed by atoms with Gasteiger partial charge in [-0.1, -0.05) is 30.3 Å². The summed E-state index contributed by atoms with van der Waals surface area (Å²) in [5.74, 6) is -0.797. The molecule has 5 heteroatoms. The van der Waals surface area contributed by atoms with Crippen molar-refractivity contribution in [1.82, 2.24) is 9.71 Å². The highest BCUT2D eigenvalue weighted by Gasteiger charge is 2.32. The molecule has 0 aliphatic carbocycles. The van der Waals surface area contributed by atoms with Crippen LogP contribution in [0.4, 0.5) is 0 Å².